The molecule has 0 bridgehead atoms. The van der Waals surface area contributed by atoms with Crippen molar-refractivity contribution >= 4 is 5.91 Å². The SMILES string of the molecule is Cc1cc(F)ccc1-n1cc(O)c(C(=O)N[C@@H]2CCOc3ccccc32)n1. The first-order valence-corrected chi connectivity index (χ1v) is 8.60. The van der Waals surface area contributed by atoms with Gasteiger partial charge in [0, 0.05) is 12.0 Å². The van der Waals surface area contributed by atoms with E-state index in [2.05, 4.69) is 10.4 Å². The Bertz CT molecular complexity index is 1020. The highest BCUT2D eigenvalue weighted by Crippen LogP contribution is 2.32. The number of rotatable bonds is 3. The molecule has 1 atom stereocenters. The number of carbonyl (C=O) groups excluding carboxylic acids is 1. The molecule has 1 amide bonds. The molecule has 0 saturated heterocycles. The summed E-state index contributed by atoms with van der Waals surface area (Å²) < 4.78 is 20.3. The highest BCUT2D eigenvalue weighted by molar-refractivity contribution is 5.95. The van der Waals surface area contributed by atoms with E-state index < -0.39 is 5.91 Å². The Labute approximate surface area is 155 Å². The van der Waals surface area contributed by atoms with Gasteiger partial charge in [0.1, 0.15) is 11.6 Å². The average Bonchev–Trinajstić information content (AvgIpc) is 3.03. The first kappa shape index (κ1) is 17.1. The molecule has 0 radical (unpaired) electrons. The van der Waals surface area contributed by atoms with Crippen LogP contribution in [-0.2, 0) is 0 Å². The predicted octanol–water partition coefficient (Wildman–Crippen LogP) is 3.28. The molecule has 1 aliphatic heterocycles. The number of halogens is 1. The van der Waals surface area contributed by atoms with Crippen molar-refractivity contribution in [1.29, 1.82) is 0 Å². The molecule has 2 N–H and O–H groups in total. The maximum atomic E-state index is 13.3. The summed E-state index contributed by atoms with van der Waals surface area (Å²) in [6.07, 6.45) is 1.97. The van der Waals surface area contributed by atoms with Crippen LogP contribution >= 0.6 is 0 Å². The lowest BCUT2D eigenvalue weighted by atomic mass is 10.0. The summed E-state index contributed by atoms with van der Waals surface area (Å²) in [5.74, 6) is -0.334. The number of hydrogen-bond donors (Lipinski definition) is 2. The second kappa shape index (κ2) is 6.75. The van der Waals surface area contributed by atoms with Gasteiger partial charge < -0.3 is 15.2 Å². The van der Waals surface area contributed by atoms with Crippen molar-refractivity contribution in [1.82, 2.24) is 15.1 Å². The lowest BCUT2D eigenvalue weighted by molar-refractivity contribution is 0.0916. The molecule has 1 aliphatic rings. The molecule has 1 aromatic heterocycles. The Balaban J connectivity index is 1.59. The summed E-state index contributed by atoms with van der Waals surface area (Å²) in [6, 6.07) is 11.5. The number of aromatic hydroxyl groups is 1. The van der Waals surface area contributed by atoms with Gasteiger partial charge in [-0.1, -0.05) is 18.2 Å². The number of ether oxygens (including phenoxy) is 1. The van der Waals surface area contributed by atoms with Gasteiger partial charge in [0.2, 0.25) is 0 Å². The van der Waals surface area contributed by atoms with E-state index in [1.54, 1.807) is 13.0 Å². The standard InChI is InChI=1S/C20H18FN3O3/c1-12-10-13(21)6-7-16(12)24-11-17(25)19(23-24)20(26)22-15-8-9-27-18-5-3-2-4-14(15)18/h2-7,10-11,15,25H,8-9H2,1H3,(H,22,26)/t15-/m1/s1. The lowest BCUT2D eigenvalue weighted by Gasteiger charge is -2.26. The fraction of sp³-hybridized carbons (Fsp3) is 0.200. The van der Waals surface area contributed by atoms with E-state index in [4.69, 9.17) is 4.74 Å². The zero-order valence-electron chi connectivity index (χ0n) is 14.6. The molecule has 3 aromatic rings. The van der Waals surface area contributed by atoms with Crippen molar-refractivity contribution in [2.24, 2.45) is 0 Å². The van der Waals surface area contributed by atoms with E-state index in [1.165, 1.54) is 23.0 Å². The van der Waals surface area contributed by atoms with Crippen molar-refractivity contribution < 1.29 is 19.0 Å². The van der Waals surface area contributed by atoms with E-state index in [9.17, 15) is 14.3 Å². The minimum Gasteiger partial charge on any atom is -0.504 e. The molecule has 0 spiro atoms. The van der Waals surface area contributed by atoms with E-state index in [0.29, 0.717) is 24.3 Å². The first-order valence-electron chi connectivity index (χ1n) is 8.60. The van der Waals surface area contributed by atoms with Gasteiger partial charge in [-0.25, -0.2) is 9.07 Å². The number of fused-ring (bicyclic) bond motifs is 1. The van der Waals surface area contributed by atoms with Gasteiger partial charge in [0.25, 0.3) is 5.91 Å². The van der Waals surface area contributed by atoms with Crippen LogP contribution in [0.1, 0.15) is 34.1 Å². The largest absolute Gasteiger partial charge is 0.504 e. The third-order valence-corrected chi connectivity index (χ3v) is 4.58. The zero-order valence-corrected chi connectivity index (χ0v) is 14.6. The number of amides is 1. The smallest absolute Gasteiger partial charge is 0.276 e. The van der Waals surface area contributed by atoms with E-state index in [-0.39, 0.29) is 23.3 Å². The Morgan fingerprint density at radius 1 is 1.33 bits per heavy atom. The molecule has 0 unspecified atom stereocenters. The molecule has 2 heterocycles. The monoisotopic (exact) mass is 367 g/mol. The van der Waals surface area contributed by atoms with Gasteiger partial charge in [0.15, 0.2) is 11.4 Å². The van der Waals surface area contributed by atoms with Gasteiger partial charge in [0.05, 0.1) is 24.5 Å². The van der Waals surface area contributed by atoms with Gasteiger partial charge >= 0.3 is 0 Å². The van der Waals surface area contributed by atoms with Gasteiger partial charge in [-0.3, -0.25) is 4.79 Å². The Morgan fingerprint density at radius 2 is 2.15 bits per heavy atom. The predicted molar refractivity (Wildman–Crippen MR) is 96.7 cm³/mol. The fourth-order valence-electron chi connectivity index (χ4n) is 3.24. The number of benzene rings is 2. The quantitative estimate of drug-likeness (QED) is 0.745. The van der Waals surface area contributed by atoms with Crippen LogP contribution in [0.3, 0.4) is 0 Å². The summed E-state index contributed by atoms with van der Waals surface area (Å²) in [5.41, 5.74) is 2.04. The third-order valence-electron chi connectivity index (χ3n) is 4.58. The van der Waals surface area contributed by atoms with Crippen LogP contribution in [-0.4, -0.2) is 27.4 Å². The topological polar surface area (TPSA) is 76.4 Å². The van der Waals surface area contributed by atoms with Crippen molar-refractivity contribution in [2.75, 3.05) is 6.61 Å². The molecule has 4 rings (SSSR count). The molecular formula is C20H18FN3O3. The Kier molecular flexibility index (Phi) is 4.27. The average molecular weight is 367 g/mol. The van der Waals surface area contributed by atoms with Crippen molar-refractivity contribution in [3.05, 3.63) is 71.3 Å². The maximum Gasteiger partial charge on any atom is 0.276 e. The van der Waals surface area contributed by atoms with Crippen LogP contribution in [0.15, 0.2) is 48.7 Å². The summed E-state index contributed by atoms with van der Waals surface area (Å²) in [5, 5.41) is 17.3. The first-order chi connectivity index (χ1) is 13.0. The molecule has 2 aromatic carbocycles. The number of para-hydroxylation sites is 1. The normalized spacial score (nSPS) is 15.7. The molecule has 0 aliphatic carbocycles. The Morgan fingerprint density at radius 3 is 2.96 bits per heavy atom. The molecule has 6 nitrogen and oxygen atoms in total. The second-order valence-corrected chi connectivity index (χ2v) is 6.44. The summed E-state index contributed by atoms with van der Waals surface area (Å²) in [4.78, 5) is 12.7. The minimum absolute atomic E-state index is 0.0808. The number of carbonyl (C=O) groups is 1. The minimum atomic E-state index is -0.479. The van der Waals surface area contributed by atoms with E-state index >= 15 is 0 Å². The van der Waals surface area contributed by atoms with E-state index in [1.807, 2.05) is 24.3 Å². The van der Waals surface area contributed by atoms with Gasteiger partial charge in [-0.05, 0) is 36.8 Å². The third kappa shape index (κ3) is 3.23. The maximum absolute atomic E-state index is 13.3. The van der Waals surface area contributed by atoms with Crippen LogP contribution in [0.4, 0.5) is 4.39 Å². The number of nitrogens with one attached hydrogen (secondary N) is 1. The summed E-state index contributed by atoms with van der Waals surface area (Å²) >= 11 is 0. The summed E-state index contributed by atoms with van der Waals surface area (Å²) in [7, 11) is 0. The number of nitrogens with zero attached hydrogens (tertiary/aromatic N) is 2. The van der Waals surface area contributed by atoms with Crippen molar-refractivity contribution in [3.63, 3.8) is 0 Å². The van der Waals surface area contributed by atoms with E-state index in [0.717, 1.165) is 11.3 Å². The second-order valence-electron chi connectivity index (χ2n) is 6.44. The molecule has 27 heavy (non-hydrogen) atoms. The lowest BCUT2D eigenvalue weighted by Crippen LogP contribution is -2.32. The van der Waals surface area contributed by atoms with Crippen LogP contribution < -0.4 is 10.1 Å². The highest BCUT2D eigenvalue weighted by atomic mass is 19.1. The zero-order chi connectivity index (χ0) is 19.0. The number of hydrogen-bond acceptors (Lipinski definition) is 4. The molecule has 0 fully saturated rings. The van der Waals surface area contributed by atoms with Crippen LogP contribution in [0.5, 0.6) is 11.5 Å². The van der Waals surface area contributed by atoms with Crippen LogP contribution in [0, 0.1) is 12.7 Å². The van der Waals surface area contributed by atoms with Crippen LogP contribution in [0.25, 0.3) is 5.69 Å². The Hall–Kier alpha value is -3.35. The van der Waals surface area contributed by atoms with Crippen LogP contribution in [0.2, 0.25) is 0 Å². The molecule has 0 saturated carbocycles. The van der Waals surface area contributed by atoms with Gasteiger partial charge in [-0.2, -0.15) is 5.10 Å². The number of aryl methyl sites for hydroxylation is 1. The summed E-state index contributed by atoms with van der Waals surface area (Å²) in [6.45, 7) is 2.23. The fourth-order valence-corrected chi connectivity index (χ4v) is 3.24. The number of aromatic nitrogens is 2. The molecule has 138 valence electrons. The van der Waals surface area contributed by atoms with Crippen molar-refractivity contribution in [3.8, 4) is 17.2 Å². The van der Waals surface area contributed by atoms with Crippen molar-refractivity contribution in [2.45, 2.75) is 19.4 Å². The molecule has 7 heteroatoms. The molecular weight excluding hydrogens is 349 g/mol. The van der Waals surface area contributed by atoms with Gasteiger partial charge in [-0.15, -0.1) is 0 Å². The highest BCUT2D eigenvalue weighted by Gasteiger charge is 2.26.